The Hall–Kier alpha value is -1.47. The molecule has 1 aromatic heterocycles. The van der Waals surface area contributed by atoms with Gasteiger partial charge in [0.05, 0.1) is 11.2 Å². The number of fused-ring (bicyclic) bond motifs is 1. The summed E-state index contributed by atoms with van der Waals surface area (Å²) in [5.41, 5.74) is 6.70. The molecule has 1 fully saturated rings. The van der Waals surface area contributed by atoms with Crippen LogP contribution in [-0.2, 0) is 22.2 Å². The lowest BCUT2D eigenvalue weighted by Gasteiger charge is -2.32. The third-order valence-electron chi connectivity index (χ3n) is 4.84. The van der Waals surface area contributed by atoms with Crippen molar-refractivity contribution in [2.75, 3.05) is 5.73 Å². The molecule has 0 saturated carbocycles. The van der Waals surface area contributed by atoms with Crippen molar-refractivity contribution < 1.29 is 13.7 Å². The van der Waals surface area contributed by atoms with Gasteiger partial charge in [-0.05, 0) is 58.1 Å². The molecule has 1 aliphatic carbocycles. The quantitative estimate of drug-likeness (QED) is 0.807. The van der Waals surface area contributed by atoms with Crippen LogP contribution in [0.2, 0.25) is 0 Å². The van der Waals surface area contributed by atoms with Crippen molar-refractivity contribution in [2.45, 2.75) is 58.2 Å². The maximum atomic E-state index is 14.8. The van der Waals surface area contributed by atoms with Crippen LogP contribution in [-0.4, -0.2) is 28.3 Å². The van der Waals surface area contributed by atoms with Gasteiger partial charge in [-0.25, -0.2) is 14.4 Å². The number of nitrogen functional groups attached to an aromatic ring is 1. The number of hydrogen-bond donors (Lipinski definition) is 1. The van der Waals surface area contributed by atoms with Gasteiger partial charge in [0.1, 0.15) is 5.73 Å². The van der Waals surface area contributed by atoms with E-state index in [2.05, 4.69) is 9.97 Å². The highest BCUT2D eigenvalue weighted by molar-refractivity contribution is 6.53. The lowest BCUT2D eigenvalue weighted by atomic mass is 9.79. The third-order valence-corrected chi connectivity index (χ3v) is 4.84. The Labute approximate surface area is 130 Å². The van der Waals surface area contributed by atoms with Crippen LogP contribution in [0.1, 0.15) is 45.4 Å². The Balaban J connectivity index is 1.85. The molecular weight excluding hydrogens is 284 g/mol. The van der Waals surface area contributed by atoms with Crippen LogP contribution >= 0.6 is 0 Å². The zero-order valence-corrected chi connectivity index (χ0v) is 13.4. The Kier molecular flexibility index (Phi) is 3.53. The monoisotopic (exact) mass is 305 g/mol. The van der Waals surface area contributed by atoms with Crippen LogP contribution in [0.4, 0.5) is 10.3 Å². The summed E-state index contributed by atoms with van der Waals surface area (Å²) in [7, 11) is -0.934. The average Bonchev–Trinajstić information content (AvgIpc) is 2.66. The van der Waals surface area contributed by atoms with Crippen LogP contribution in [0.5, 0.6) is 0 Å². The highest BCUT2D eigenvalue weighted by Crippen LogP contribution is 2.40. The van der Waals surface area contributed by atoms with E-state index in [1.54, 1.807) is 6.20 Å². The van der Waals surface area contributed by atoms with Gasteiger partial charge in [0.15, 0.2) is 0 Å². The van der Waals surface area contributed by atoms with Crippen molar-refractivity contribution >= 4 is 13.1 Å². The summed E-state index contributed by atoms with van der Waals surface area (Å²) < 4.78 is 26.4. The molecule has 0 aromatic carbocycles. The molecule has 3 rings (SSSR count). The largest absolute Gasteiger partial charge is 0.525 e. The second-order valence-electron chi connectivity index (χ2n) is 6.92. The van der Waals surface area contributed by atoms with Gasteiger partial charge in [-0.15, -0.1) is 0 Å². The minimum Gasteiger partial charge on any atom is -0.398 e. The number of aromatic nitrogens is 2. The van der Waals surface area contributed by atoms with E-state index in [0.29, 0.717) is 24.8 Å². The minimum atomic E-state index is -0.934. The zero-order chi connectivity index (χ0) is 16.1. The molecule has 0 unspecified atom stereocenters. The smallest absolute Gasteiger partial charge is 0.398 e. The molecule has 0 spiro atoms. The van der Waals surface area contributed by atoms with Crippen molar-refractivity contribution in [3.8, 4) is 0 Å². The molecule has 1 aliphatic heterocycles. The van der Waals surface area contributed by atoms with Gasteiger partial charge >= 0.3 is 7.12 Å². The number of rotatable bonds is 1. The molecule has 0 bridgehead atoms. The molecule has 22 heavy (non-hydrogen) atoms. The van der Waals surface area contributed by atoms with E-state index < -0.39 is 18.3 Å². The molecule has 2 heterocycles. The van der Waals surface area contributed by atoms with E-state index in [4.69, 9.17) is 15.0 Å². The number of aryl methyl sites for hydroxylation is 1. The standard InChI is InChI=1S/C15H21BFN3O2/c1-14(2)15(3,4)22-16(21-14)12(17)9-5-6-11-10(7-9)8-19-13(18)20-11/h8H,5-7H2,1-4H3,(H2,18,19,20). The fraction of sp³-hybridized carbons (Fsp3) is 0.600. The maximum absolute atomic E-state index is 14.8. The first-order valence-electron chi connectivity index (χ1n) is 7.53. The first kappa shape index (κ1) is 15.4. The average molecular weight is 305 g/mol. The van der Waals surface area contributed by atoms with E-state index in [1.807, 2.05) is 27.7 Å². The van der Waals surface area contributed by atoms with E-state index in [9.17, 15) is 4.39 Å². The summed E-state index contributed by atoms with van der Waals surface area (Å²) in [5, 5.41) is 0. The van der Waals surface area contributed by atoms with Gasteiger partial charge in [0.2, 0.25) is 5.95 Å². The molecule has 1 aromatic rings. The first-order valence-corrected chi connectivity index (χ1v) is 7.53. The molecule has 0 amide bonds. The van der Waals surface area contributed by atoms with Crippen molar-refractivity contribution in [3.63, 3.8) is 0 Å². The predicted molar refractivity (Wildman–Crippen MR) is 82.7 cm³/mol. The Morgan fingerprint density at radius 2 is 1.86 bits per heavy atom. The van der Waals surface area contributed by atoms with Crippen LogP contribution in [0, 0.1) is 0 Å². The first-order chi connectivity index (χ1) is 10.2. The van der Waals surface area contributed by atoms with Crippen LogP contribution in [0.15, 0.2) is 17.5 Å². The lowest BCUT2D eigenvalue weighted by molar-refractivity contribution is 0.00578. The predicted octanol–water partition coefficient (Wildman–Crippen LogP) is 2.40. The van der Waals surface area contributed by atoms with Crippen molar-refractivity contribution in [3.05, 3.63) is 28.8 Å². The van der Waals surface area contributed by atoms with Crippen LogP contribution < -0.4 is 5.73 Å². The summed E-state index contributed by atoms with van der Waals surface area (Å²) in [6.07, 6.45) is 3.41. The molecule has 118 valence electrons. The Morgan fingerprint density at radius 1 is 1.23 bits per heavy atom. The summed E-state index contributed by atoms with van der Waals surface area (Å²) >= 11 is 0. The van der Waals surface area contributed by atoms with E-state index in [-0.39, 0.29) is 11.7 Å². The molecule has 2 aliphatic rings. The Morgan fingerprint density at radius 3 is 2.50 bits per heavy atom. The molecule has 0 radical (unpaired) electrons. The maximum Gasteiger partial charge on any atom is 0.525 e. The highest BCUT2D eigenvalue weighted by Gasteiger charge is 2.53. The molecule has 0 atom stereocenters. The molecule has 5 nitrogen and oxygen atoms in total. The van der Waals surface area contributed by atoms with Gasteiger partial charge in [-0.3, -0.25) is 0 Å². The van der Waals surface area contributed by atoms with Crippen molar-refractivity contribution in [2.24, 2.45) is 0 Å². The molecule has 1 saturated heterocycles. The summed E-state index contributed by atoms with van der Waals surface area (Å²) in [6, 6.07) is 0. The second kappa shape index (κ2) is 5.03. The fourth-order valence-corrected chi connectivity index (χ4v) is 2.73. The number of nitrogens with two attached hydrogens (primary N) is 1. The number of nitrogens with zero attached hydrogens (tertiary/aromatic N) is 2. The van der Waals surface area contributed by atoms with E-state index in [1.165, 1.54) is 0 Å². The molecular formula is C15H21BFN3O2. The van der Waals surface area contributed by atoms with Gasteiger partial charge in [-0.2, -0.15) is 0 Å². The van der Waals surface area contributed by atoms with E-state index >= 15 is 0 Å². The lowest BCUT2D eigenvalue weighted by Crippen LogP contribution is -2.41. The summed E-state index contributed by atoms with van der Waals surface area (Å²) in [4.78, 5) is 8.20. The highest BCUT2D eigenvalue weighted by atomic mass is 19.1. The number of allylic oxidation sites excluding steroid dienone is 1. The van der Waals surface area contributed by atoms with Gasteiger partial charge in [-0.1, -0.05) is 0 Å². The fourth-order valence-electron chi connectivity index (χ4n) is 2.73. The van der Waals surface area contributed by atoms with Crippen molar-refractivity contribution in [1.29, 1.82) is 0 Å². The van der Waals surface area contributed by atoms with Crippen LogP contribution in [0.3, 0.4) is 0 Å². The van der Waals surface area contributed by atoms with E-state index in [0.717, 1.165) is 11.3 Å². The summed E-state index contributed by atoms with van der Waals surface area (Å²) in [6.45, 7) is 7.66. The van der Waals surface area contributed by atoms with Gasteiger partial charge in [0, 0.05) is 11.9 Å². The number of hydrogen-bond acceptors (Lipinski definition) is 5. The molecule has 2 N–H and O–H groups in total. The number of halogens is 1. The molecule has 7 heteroatoms. The minimum absolute atomic E-state index is 0.262. The van der Waals surface area contributed by atoms with Crippen LogP contribution in [0.25, 0.3) is 0 Å². The second-order valence-corrected chi connectivity index (χ2v) is 6.92. The van der Waals surface area contributed by atoms with Gasteiger partial charge in [0.25, 0.3) is 0 Å². The number of anilines is 1. The zero-order valence-electron chi connectivity index (χ0n) is 13.4. The van der Waals surface area contributed by atoms with Gasteiger partial charge < -0.3 is 15.0 Å². The Bertz CT molecular complexity index is 630. The normalized spacial score (nSPS) is 25.0. The van der Waals surface area contributed by atoms with Crippen molar-refractivity contribution in [1.82, 2.24) is 9.97 Å². The topological polar surface area (TPSA) is 70.3 Å². The third kappa shape index (κ3) is 2.52. The summed E-state index contributed by atoms with van der Waals surface area (Å²) in [5.74, 6) is 0.262. The SMILES string of the molecule is CC1(C)OB(C(F)=C2CCc3nc(N)ncc3C2)OC1(C)C.